The lowest BCUT2D eigenvalue weighted by Crippen LogP contribution is -2.42. The zero-order valence-corrected chi connectivity index (χ0v) is 17.7. The second-order valence-electron chi connectivity index (χ2n) is 6.58. The Hall–Kier alpha value is -1.35. The normalized spacial score (nSPS) is 17.2. The van der Waals surface area contributed by atoms with Crippen LogP contribution in [0.3, 0.4) is 0 Å². The van der Waals surface area contributed by atoms with Gasteiger partial charge in [0.25, 0.3) is 0 Å². The minimum atomic E-state index is -0.306. The minimum Gasteiger partial charge on any atom is -0.377 e. The number of hydrogen-bond acceptors (Lipinski definition) is 3. The van der Waals surface area contributed by atoms with Gasteiger partial charge in [-0.15, -0.1) is 24.0 Å². The van der Waals surface area contributed by atoms with Gasteiger partial charge in [0.05, 0.1) is 12.1 Å². The van der Waals surface area contributed by atoms with Crippen LogP contribution in [0.5, 0.6) is 0 Å². The molecule has 0 aliphatic carbocycles. The van der Waals surface area contributed by atoms with Crippen molar-refractivity contribution < 1.29 is 9.53 Å². The molecule has 140 valence electrons. The van der Waals surface area contributed by atoms with E-state index in [1.54, 1.807) is 7.11 Å². The first-order chi connectivity index (χ1) is 11.4. The molecule has 0 aromatic heterocycles. The maximum Gasteiger partial charge on any atom is 0.225 e. The lowest BCUT2D eigenvalue weighted by molar-refractivity contribution is -0.116. The summed E-state index contributed by atoms with van der Waals surface area (Å²) in [6, 6.07) is 7.95. The van der Waals surface area contributed by atoms with E-state index in [9.17, 15) is 4.79 Å². The summed E-state index contributed by atoms with van der Waals surface area (Å²) in [6.45, 7) is 8.02. The van der Waals surface area contributed by atoms with E-state index in [-0.39, 0.29) is 41.4 Å². The molecule has 1 atom stereocenters. The third-order valence-electron chi connectivity index (χ3n) is 4.14. The predicted molar refractivity (Wildman–Crippen MR) is 113 cm³/mol. The van der Waals surface area contributed by atoms with Gasteiger partial charge >= 0.3 is 0 Å². The minimum absolute atomic E-state index is 0. The standard InChI is InChI=1S/C18H28N4O2.HI/c1-5-19-17(21-12-18(2,3)24-4)20-11-13-10-16(23)22-15-9-7-6-8-14(13)15;/h6-9,13H,5,10-12H2,1-4H3,(H,22,23)(H2,19,20,21);1H. The molecular weight excluding hydrogens is 431 g/mol. The fraction of sp³-hybridized carbons (Fsp3) is 0.556. The molecule has 1 amide bonds. The number of para-hydroxylation sites is 1. The number of fused-ring (bicyclic) bond motifs is 1. The second kappa shape index (κ2) is 9.96. The van der Waals surface area contributed by atoms with E-state index in [0.717, 1.165) is 23.8 Å². The lowest BCUT2D eigenvalue weighted by atomic mass is 9.90. The molecule has 1 heterocycles. The van der Waals surface area contributed by atoms with Gasteiger partial charge in [0.15, 0.2) is 5.96 Å². The van der Waals surface area contributed by atoms with Crippen LogP contribution in [0.25, 0.3) is 0 Å². The van der Waals surface area contributed by atoms with Gasteiger partial charge in [-0.1, -0.05) is 18.2 Å². The van der Waals surface area contributed by atoms with Crippen molar-refractivity contribution in [2.75, 3.05) is 32.1 Å². The van der Waals surface area contributed by atoms with Crippen molar-refractivity contribution >= 4 is 41.5 Å². The quantitative estimate of drug-likeness (QED) is 0.347. The number of ether oxygens (including phenoxy) is 1. The van der Waals surface area contributed by atoms with E-state index in [2.05, 4.69) is 27.0 Å². The number of carbonyl (C=O) groups is 1. The number of aliphatic imine (C=N–C) groups is 1. The van der Waals surface area contributed by atoms with Crippen LogP contribution in [-0.4, -0.2) is 44.2 Å². The van der Waals surface area contributed by atoms with Gasteiger partial charge in [-0.25, -0.2) is 0 Å². The van der Waals surface area contributed by atoms with Crippen LogP contribution in [0.1, 0.15) is 38.7 Å². The number of halogens is 1. The number of rotatable bonds is 6. The Morgan fingerprint density at radius 1 is 1.36 bits per heavy atom. The van der Waals surface area contributed by atoms with Gasteiger partial charge in [-0.2, -0.15) is 0 Å². The number of hydrogen-bond donors (Lipinski definition) is 3. The number of methoxy groups -OCH3 is 1. The number of benzene rings is 1. The van der Waals surface area contributed by atoms with Crippen LogP contribution in [-0.2, 0) is 9.53 Å². The summed E-state index contributed by atoms with van der Waals surface area (Å²) in [5.74, 6) is 0.934. The van der Waals surface area contributed by atoms with Gasteiger partial charge < -0.3 is 20.7 Å². The molecule has 0 spiro atoms. The Morgan fingerprint density at radius 2 is 2.08 bits per heavy atom. The van der Waals surface area contributed by atoms with E-state index in [1.165, 1.54) is 0 Å². The van der Waals surface area contributed by atoms with Crippen molar-refractivity contribution in [1.82, 2.24) is 10.6 Å². The third-order valence-corrected chi connectivity index (χ3v) is 4.14. The third kappa shape index (κ3) is 6.47. The van der Waals surface area contributed by atoms with Crippen molar-refractivity contribution in [3.63, 3.8) is 0 Å². The highest BCUT2D eigenvalue weighted by Crippen LogP contribution is 2.31. The maximum atomic E-state index is 11.9. The molecule has 0 radical (unpaired) electrons. The van der Waals surface area contributed by atoms with Gasteiger partial charge in [0.2, 0.25) is 5.91 Å². The van der Waals surface area contributed by atoms with Crippen molar-refractivity contribution in [2.24, 2.45) is 4.99 Å². The Morgan fingerprint density at radius 3 is 2.76 bits per heavy atom. The van der Waals surface area contributed by atoms with E-state index in [0.29, 0.717) is 19.5 Å². The first-order valence-electron chi connectivity index (χ1n) is 8.41. The highest BCUT2D eigenvalue weighted by atomic mass is 127. The van der Waals surface area contributed by atoms with Crippen LogP contribution < -0.4 is 16.0 Å². The number of carbonyl (C=O) groups excluding carboxylic acids is 1. The summed E-state index contributed by atoms with van der Waals surface area (Å²) in [4.78, 5) is 16.5. The van der Waals surface area contributed by atoms with Crippen LogP contribution in [0.15, 0.2) is 29.3 Å². The van der Waals surface area contributed by atoms with Crippen molar-refractivity contribution in [1.29, 1.82) is 0 Å². The molecular formula is C18H29IN4O2. The molecule has 1 aliphatic rings. The van der Waals surface area contributed by atoms with Gasteiger partial charge in [-0.3, -0.25) is 9.79 Å². The fourth-order valence-corrected chi connectivity index (χ4v) is 2.58. The van der Waals surface area contributed by atoms with Crippen LogP contribution >= 0.6 is 24.0 Å². The van der Waals surface area contributed by atoms with E-state index in [1.807, 2.05) is 39.0 Å². The SMILES string of the molecule is CCNC(=NCC(C)(C)OC)NCC1CC(=O)Nc2ccccc21.I. The summed E-state index contributed by atoms with van der Waals surface area (Å²) in [6.07, 6.45) is 0.479. The zero-order valence-electron chi connectivity index (χ0n) is 15.4. The molecule has 0 bridgehead atoms. The largest absolute Gasteiger partial charge is 0.377 e. The number of guanidine groups is 1. The highest BCUT2D eigenvalue weighted by molar-refractivity contribution is 14.0. The van der Waals surface area contributed by atoms with E-state index in [4.69, 9.17) is 4.74 Å². The smallest absolute Gasteiger partial charge is 0.225 e. The van der Waals surface area contributed by atoms with Crippen LogP contribution in [0.2, 0.25) is 0 Å². The molecule has 1 aromatic carbocycles. The van der Waals surface area contributed by atoms with Crippen LogP contribution in [0.4, 0.5) is 5.69 Å². The molecule has 2 rings (SSSR count). The first kappa shape index (κ1) is 21.7. The summed E-state index contributed by atoms with van der Waals surface area (Å²) in [7, 11) is 1.69. The Kier molecular flexibility index (Phi) is 8.64. The molecule has 7 heteroatoms. The monoisotopic (exact) mass is 460 g/mol. The predicted octanol–water partition coefficient (Wildman–Crippen LogP) is 2.71. The number of amides is 1. The lowest BCUT2D eigenvalue weighted by Gasteiger charge is -2.26. The average molecular weight is 460 g/mol. The van der Waals surface area contributed by atoms with E-state index < -0.39 is 0 Å². The number of nitrogens with one attached hydrogen (secondary N) is 3. The molecule has 1 aliphatic heterocycles. The van der Waals surface area contributed by atoms with E-state index >= 15 is 0 Å². The van der Waals surface area contributed by atoms with Crippen molar-refractivity contribution in [2.45, 2.75) is 38.7 Å². The molecule has 25 heavy (non-hydrogen) atoms. The molecule has 3 N–H and O–H groups in total. The summed E-state index contributed by atoms with van der Waals surface area (Å²) in [5.41, 5.74) is 1.76. The van der Waals surface area contributed by atoms with Crippen molar-refractivity contribution in [3.05, 3.63) is 29.8 Å². The average Bonchev–Trinajstić information content (AvgIpc) is 2.57. The molecule has 1 unspecified atom stereocenters. The Bertz CT molecular complexity index is 604. The second-order valence-corrected chi connectivity index (χ2v) is 6.58. The van der Waals surface area contributed by atoms with Crippen LogP contribution in [0, 0.1) is 0 Å². The Labute approximate surface area is 167 Å². The number of nitrogens with zero attached hydrogens (tertiary/aromatic N) is 1. The van der Waals surface area contributed by atoms with Crippen molar-refractivity contribution in [3.8, 4) is 0 Å². The zero-order chi connectivity index (χ0) is 17.6. The fourth-order valence-electron chi connectivity index (χ4n) is 2.58. The first-order valence-corrected chi connectivity index (χ1v) is 8.41. The highest BCUT2D eigenvalue weighted by Gasteiger charge is 2.25. The van der Waals surface area contributed by atoms with Gasteiger partial charge in [0, 0.05) is 38.2 Å². The summed E-state index contributed by atoms with van der Waals surface area (Å²) in [5, 5.41) is 9.51. The topological polar surface area (TPSA) is 74.8 Å². The summed E-state index contributed by atoms with van der Waals surface area (Å²) >= 11 is 0. The molecule has 0 saturated heterocycles. The summed E-state index contributed by atoms with van der Waals surface area (Å²) < 4.78 is 5.41. The van der Waals surface area contributed by atoms with Gasteiger partial charge in [-0.05, 0) is 32.4 Å². The molecule has 0 fully saturated rings. The molecule has 0 saturated carbocycles. The Balaban J connectivity index is 0.00000312. The maximum absolute atomic E-state index is 11.9. The van der Waals surface area contributed by atoms with Gasteiger partial charge in [0.1, 0.15) is 0 Å². The molecule has 1 aromatic rings. The molecule has 6 nitrogen and oxygen atoms in total. The number of anilines is 1.